The molecule has 1 aromatic heterocycles. The van der Waals surface area contributed by atoms with Gasteiger partial charge in [0.1, 0.15) is 0 Å². The van der Waals surface area contributed by atoms with E-state index in [0.717, 1.165) is 17.5 Å². The predicted octanol–water partition coefficient (Wildman–Crippen LogP) is 4.04. The average molecular weight is 283 g/mol. The lowest BCUT2D eigenvalue weighted by Gasteiger charge is -2.19. The summed E-state index contributed by atoms with van der Waals surface area (Å²) in [6.45, 7) is 4.16. The number of pyridine rings is 1. The molecule has 1 heterocycles. The molecule has 0 aliphatic carbocycles. The molecule has 0 fully saturated rings. The molecule has 0 aliphatic rings. The molecule has 1 atom stereocenters. The molecule has 0 amide bonds. The van der Waals surface area contributed by atoms with Gasteiger partial charge in [-0.25, -0.2) is 0 Å². The second kappa shape index (κ2) is 7.02. The molecule has 1 aromatic carbocycles. The maximum absolute atomic E-state index is 10.9. The van der Waals surface area contributed by atoms with E-state index in [2.05, 4.69) is 43.1 Å². The zero-order valence-electron chi connectivity index (χ0n) is 12.5. The highest BCUT2D eigenvalue weighted by molar-refractivity contribution is 5.67. The SMILES string of the molecule is CC(C)C(CC(=O)O)Cc1ccc(-c2cccnc2)cc1. The van der Waals surface area contributed by atoms with Crippen LogP contribution in [0, 0.1) is 11.8 Å². The number of aliphatic carboxylic acids is 1. The summed E-state index contributed by atoms with van der Waals surface area (Å²) in [6.07, 6.45) is 4.63. The number of carboxylic acid groups (broad SMARTS) is 1. The lowest BCUT2D eigenvalue weighted by Crippen LogP contribution is -2.16. The van der Waals surface area contributed by atoms with Crippen molar-refractivity contribution in [2.75, 3.05) is 0 Å². The zero-order valence-corrected chi connectivity index (χ0v) is 12.5. The van der Waals surface area contributed by atoms with Gasteiger partial charge < -0.3 is 5.11 Å². The Morgan fingerprint density at radius 2 is 1.86 bits per heavy atom. The second-order valence-electron chi connectivity index (χ2n) is 5.74. The van der Waals surface area contributed by atoms with Crippen LogP contribution in [0.4, 0.5) is 0 Å². The van der Waals surface area contributed by atoms with E-state index in [0.29, 0.717) is 5.92 Å². The summed E-state index contributed by atoms with van der Waals surface area (Å²) in [5, 5.41) is 9.00. The van der Waals surface area contributed by atoms with Crippen LogP contribution in [-0.2, 0) is 11.2 Å². The second-order valence-corrected chi connectivity index (χ2v) is 5.74. The first-order valence-electron chi connectivity index (χ1n) is 7.27. The van der Waals surface area contributed by atoms with E-state index in [1.807, 2.05) is 18.3 Å². The van der Waals surface area contributed by atoms with Crippen molar-refractivity contribution in [2.24, 2.45) is 11.8 Å². The van der Waals surface area contributed by atoms with Crippen molar-refractivity contribution in [3.05, 3.63) is 54.4 Å². The Bertz CT molecular complexity index is 576. The standard InChI is InChI=1S/C18H21NO2/c1-13(2)17(11-18(20)21)10-14-5-7-15(8-6-14)16-4-3-9-19-12-16/h3-9,12-13,17H,10-11H2,1-2H3,(H,20,21). The van der Waals surface area contributed by atoms with Crippen molar-refractivity contribution in [1.29, 1.82) is 0 Å². The quantitative estimate of drug-likeness (QED) is 0.870. The summed E-state index contributed by atoms with van der Waals surface area (Å²) in [7, 11) is 0. The monoisotopic (exact) mass is 283 g/mol. The fourth-order valence-electron chi connectivity index (χ4n) is 2.44. The molecular formula is C18H21NO2. The van der Waals surface area contributed by atoms with Crippen molar-refractivity contribution in [1.82, 2.24) is 4.98 Å². The van der Waals surface area contributed by atoms with Gasteiger partial charge in [-0.3, -0.25) is 9.78 Å². The van der Waals surface area contributed by atoms with Crippen LogP contribution in [0.3, 0.4) is 0 Å². The summed E-state index contributed by atoms with van der Waals surface area (Å²) in [5.74, 6) is -0.188. The Morgan fingerprint density at radius 3 is 2.38 bits per heavy atom. The van der Waals surface area contributed by atoms with E-state index < -0.39 is 5.97 Å². The highest BCUT2D eigenvalue weighted by Gasteiger charge is 2.17. The molecule has 0 saturated heterocycles. The van der Waals surface area contributed by atoms with Gasteiger partial charge in [-0.05, 0) is 41.0 Å². The molecule has 0 spiro atoms. The third-order valence-electron chi connectivity index (χ3n) is 3.83. The minimum absolute atomic E-state index is 0.173. The third kappa shape index (κ3) is 4.42. The molecule has 0 bridgehead atoms. The van der Waals surface area contributed by atoms with Crippen molar-refractivity contribution in [2.45, 2.75) is 26.7 Å². The van der Waals surface area contributed by atoms with E-state index in [1.54, 1.807) is 6.20 Å². The number of aromatic nitrogens is 1. The Kier molecular flexibility index (Phi) is 5.09. The maximum atomic E-state index is 10.9. The van der Waals surface area contributed by atoms with Crippen LogP contribution in [0.5, 0.6) is 0 Å². The van der Waals surface area contributed by atoms with Gasteiger partial charge in [-0.2, -0.15) is 0 Å². The summed E-state index contributed by atoms with van der Waals surface area (Å²) in [6, 6.07) is 12.3. The first kappa shape index (κ1) is 15.2. The van der Waals surface area contributed by atoms with Crippen LogP contribution < -0.4 is 0 Å². The molecule has 1 N–H and O–H groups in total. The van der Waals surface area contributed by atoms with E-state index in [1.165, 1.54) is 5.56 Å². The summed E-state index contributed by atoms with van der Waals surface area (Å²) < 4.78 is 0. The van der Waals surface area contributed by atoms with Gasteiger partial charge in [-0.15, -0.1) is 0 Å². The molecule has 2 aromatic rings. The lowest BCUT2D eigenvalue weighted by molar-refractivity contribution is -0.138. The minimum atomic E-state index is -0.722. The summed E-state index contributed by atoms with van der Waals surface area (Å²) >= 11 is 0. The molecule has 0 radical (unpaired) electrons. The van der Waals surface area contributed by atoms with Gasteiger partial charge in [0.2, 0.25) is 0 Å². The maximum Gasteiger partial charge on any atom is 0.303 e. The lowest BCUT2D eigenvalue weighted by atomic mass is 9.86. The van der Waals surface area contributed by atoms with Crippen LogP contribution >= 0.6 is 0 Å². The molecule has 2 rings (SSSR count). The van der Waals surface area contributed by atoms with Gasteiger partial charge in [0, 0.05) is 18.8 Å². The number of carboxylic acids is 1. The van der Waals surface area contributed by atoms with Gasteiger partial charge in [-0.1, -0.05) is 44.2 Å². The van der Waals surface area contributed by atoms with E-state index in [9.17, 15) is 4.79 Å². The van der Waals surface area contributed by atoms with Crippen LogP contribution in [0.1, 0.15) is 25.8 Å². The molecule has 3 nitrogen and oxygen atoms in total. The van der Waals surface area contributed by atoms with Crippen molar-refractivity contribution in [3.8, 4) is 11.1 Å². The molecule has 110 valence electrons. The van der Waals surface area contributed by atoms with Crippen LogP contribution in [0.15, 0.2) is 48.8 Å². The van der Waals surface area contributed by atoms with Crippen LogP contribution in [-0.4, -0.2) is 16.1 Å². The molecule has 21 heavy (non-hydrogen) atoms. The van der Waals surface area contributed by atoms with Gasteiger partial charge in [0.05, 0.1) is 0 Å². The topological polar surface area (TPSA) is 50.2 Å². The van der Waals surface area contributed by atoms with E-state index >= 15 is 0 Å². The number of rotatable bonds is 6. The number of nitrogens with zero attached hydrogens (tertiary/aromatic N) is 1. The molecule has 3 heteroatoms. The van der Waals surface area contributed by atoms with Crippen LogP contribution in [0.25, 0.3) is 11.1 Å². The van der Waals surface area contributed by atoms with Crippen molar-refractivity contribution >= 4 is 5.97 Å². The third-order valence-corrected chi connectivity index (χ3v) is 3.83. The Hall–Kier alpha value is -2.16. The number of carbonyl (C=O) groups is 1. The van der Waals surface area contributed by atoms with Gasteiger partial charge >= 0.3 is 5.97 Å². The molecule has 0 saturated carbocycles. The minimum Gasteiger partial charge on any atom is -0.481 e. The fourth-order valence-corrected chi connectivity index (χ4v) is 2.44. The highest BCUT2D eigenvalue weighted by atomic mass is 16.4. The predicted molar refractivity (Wildman–Crippen MR) is 84.0 cm³/mol. The normalized spacial score (nSPS) is 12.3. The average Bonchev–Trinajstić information content (AvgIpc) is 2.48. The molecular weight excluding hydrogens is 262 g/mol. The molecule has 0 aliphatic heterocycles. The summed E-state index contributed by atoms with van der Waals surface area (Å²) in [4.78, 5) is 15.1. The van der Waals surface area contributed by atoms with E-state index in [-0.39, 0.29) is 12.3 Å². The molecule has 1 unspecified atom stereocenters. The highest BCUT2D eigenvalue weighted by Crippen LogP contribution is 2.23. The summed E-state index contributed by atoms with van der Waals surface area (Å²) in [5.41, 5.74) is 3.41. The van der Waals surface area contributed by atoms with Crippen molar-refractivity contribution in [3.63, 3.8) is 0 Å². The van der Waals surface area contributed by atoms with Gasteiger partial charge in [0.25, 0.3) is 0 Å². The number of hydrogen-bond donors (Lipinski definition) is 1. The number of benzene rings is 1. The Balaban J connectivity index is 2.10. The van der Waals surface area contributed by atoms with Crippen LogP contribution in [0.2, 0.25) is 0 Å². The Labute approximate surface area is 125 Å². The van der Waals surface area contributed by atoms with Crippen molar-refractivity contribution < 1.29 is 9.90 Å². The largest absolute Gasteiger partial charge is 0.481 e. The first-order chi connectivity index (χ1) is 10.1. The van der Waals surface area contributed by atoms with E-state index in [4.69, 9.17) is 5.11 Å². The fraction of sp³-hybridized carbons (Fsp3) is 0.333. The zero-order chi connectivity index (χ0) is 15.2. The smallest absolute Gasteiger partial charge is 0.303 e. The number of hydrogen-bond acceptors (Lipinski definition) is 2. The first-order valence-corrected chi connectivity index (χ1v) is 7.27. The Morgan fingerprint density at radius 1 is 1.14 bits per heavy atom. The van der Waals surface area contributed by atoms with Gasteiger partial charge in [0.15, 0.2) is 0 Å².